The third-order valence-corrected chi connectivity index (χ3v) is 3.46. The van der Waals surface area contributed by atoms with E-state index in [1.54, 1.807) is 0 Å². The summed E-state index contributed by atoms with van der Waals surface area (Å²) in [6, 6.07) is 5.90. The van der Waals surface area contributed by atoms with Gasteiger partial charge in [-0.1, -0.05) is 0 Å². The second-order valence-electron chi connectivity index (χ2n) is 4.04. The van der Waals surface area contributed by atoms with Crippen molar-refractivity contribution < 1.29 is 22.4 Å². The zero-order valence-corrected chi connectivity index (χ0v) is 11.3. The summed E-state index contributed by atoms with van der Waals surface area (Å²) in [5, 5.41) is 2.20. The molecule has 110 valence electrons. The van der Waals surface area contributed by atoms with Gasteiger partial charge in [0.25, 0.3) is 0 Å². The minimum absolute atomic E-state index is 0.152. The SMILES string of the molecule is O=C(CSc1ccc(F)c(F)c1)Nc1cc(F)ccc1F. The van der Waals surface area contributed by atoms with Crippen molar-refractivity contribution in [2.45, 2.75) is 4.90 Å². The fraction of sp³-hybridized carbons (Fsp3) is 0.0714. The number of halogens is 4. The predicted octanol–water partition coefficient (Wildman–Crippen LogP) is 3.97. The van der Waals surface area contributed by atoms with Gasteiger partial charge in [0.15, 0.2) is 11.6 Å². The van der Waals surface area contributed by atoms with Gasteiger partial charge in [-0.05, 0) is 30.3 Å². The van der Waals surface area contributed by atoms with E-state index in [-0.39, 0.29) is 11.4 Å². The van der Waals surface area contributed by atoms with Crippen LogP contribution in [0.3, 0.4) is 0 Å². The monoisotopic (exact) mass is 315 g/mol. The van der Waals surface area contributed by atoms with Crippen molar-refractivity contribution in [3.05, 3.63) is 59.7 Å². The predicted molar refractivity (Wildman–Crippen MR) is 72.1 cm³/mol. The Morgan fingerprint density at radius 2 is 1.67 bits per heavy atom. The van der Waals surface area contributed by atoms with Crippen LogP contribution in [-0.2, 0) is 4.79 Å². The zero-order chi connectivity index (χ0) is 15.4. The maximum atomic E-state index is 13.3. The Balaban J connectivity index is 1.95. The Morgan fingerprint density at radius 3 is 2.38 bits per heavy atom. The first-order valence-corrected chi connectivity index (χ1v) is 6.77. The van der Waals surface area contributed by atoms with Crippen LogP contribution in [0, 0.1) is 23.3 Å². The fourth-order valence-electron chi connectivity index (χ4n) is 1.50. The van der Waals surface area contributed by atoms with E-state index in [0.717, 1.165) is 42.1 Å². The van der Waals surface area contributed by atoms with Crippen molar-refractivity contribution >= 4 is 23.4 Å². The first-order chi connectivity index (χ1) is 9.95. The zero-order valence-electron chi connectivity index (χ0n) is 10.5. The number of rotatable bonds is 4. The third kappa shape index (κ3) is 4.22. The summed E-state index contributed by atoms with van der Waals surface area (Å²) in [6.45, 7) is 0. The quantitative estimate of drug-likeness (QED) is 0.683. The molecule has 21 heavy (non-hydrogen) atoms. The molecule has 1 amide bonds. The molecule has 2 aromatic rings. The Kier molecular flexibility index (Phi) is 4.85. The number of hydrogen-bond acceptors (Lipinski definition) is 2. The summed E-state index contributed by atoms with van der Waals surface area (Å²) in [7, 11) is 0. The van der Waals surface area contributed by atoms with Gasteiger partial charge in [0.1, 0.15) is 11.6 Å². The molecule has 0 radical (unpaired) electrons. The van der Waals surface area contributed by atoms with E-state index in [0.29, 0.717) is 4.90 Å². The molecule has 2 aromatic carbocycles. The lowest BCUT2D eigenvalue weighted by Crippen LogP contribution is -2.15. The Bertz CT molecular complexity index is 678. The summed E-state index contributed by atoms with van der Waals surface area (Å²) in [4.78, 5) is 12.0. The maximum absolute atomic E-state index is 13.3. The van der Waals surface area contributed by atoms with E-state index in [9.17, 15) is 22.4 Å². The highest BCUT2D eigenvalue weighted by atomic mass is 32.2. The lowest BCUT2D eigenvalue weighted by Gasteiger charge is -2.06. The van der Waals surface area contributed by atoms with E-state index < -0.39 is 29.2 Å². The average molecular weight is 315 g/mol. The smallest absolute Gasteiger partial charge is 0.234 e. The Labute approximate surface area is 122 Å². The Hall–Kier alpha value is -2.02. The summed E-state index contributed by atoms with van der Waals surface area (Å²) < 4.78 is 51.9. The number of benzene rings is 2. The molecule has 0 unspecified atom stereocenters. The summed E-state index contributed by atoms with van der Waals surface area (Å²) >= 11 is 0.946. The molecule has 0 aliphatic heterocycles. The molecule has 0 saturated heterocycles. The van der Waals surface area contributed by atoms with E-state index in [2.05, 4.69) is 5.32 Å². The van der Waals surface area contributed by atoms with E-state index in [1.165, 1.54) is 6.07 Å². The number of carbonyl (C=O) groups is 1. The van der Waals surface area contributed by atoms with Crippen molar-refractivity contribution in [3.8, 4) is 0 Å². The normalized spacial score (nSPS) is 10.5. The molecule has 0 bridgehead atoms. The molecule has 0 aromatic heterocycles. The van der Waals surface area contributed by atoms with Gasteiger partial charge >= 0.3 is 0 Å². The number of nitrogens with one attached hydrogen (secondary N) is 1. The second kappa shape index (κ2) is 6.62. The number of carbonyl (C=O) groups excluding carboxylic acids is 1. The van der Waals surface area contributed by atoms with Gasteiger partial charge in [-0.15, -0.1) is 11.8 Å². The molecular formula is C14H9F4NOS. The molecule has 1 N–H and O–H groups in total. The number of thioether (sulfide) groups is 1. The fourth-order valence-corrected chi connectivity index (χ4v) is 2.22. The molecule has 0 spiro atoms. The molecule has 0 saturated carbocycles. The molecule has 0 heterocycles. The standard InChI is InChI=1S/C14H9F4NOS/c15-8-1-3-11(17)13(5-8)19-14(20)7-21-9-2-4-10(16)12(18)6-9/h1-6H,7H2,(H,19,20). The largest absolute Gasteiger partial charge is 0.323 e. The molecule has 0 aliphatic rings. The minimum atomic E-state index is -1.02. The van der Waals surface area contributed by atoms with Crippen LogP contribution in [0.2, 0.25) is 0 Å². The topological polar surface area (TPSA) is 29.1 Å². The van der Waals surface area contributed by atoms with Crippen molar-refractivity contribution in [2.75, 3.05) is 11.1 Å². The Morgan fingerprint density at radius 1 is 0.952 bits per heavy atom. The van der Waals surface area contributed by atoms with Gasteiger partial charge in [0.2, 0.25) is 5.91 Å². The van der Waals surface area contributed by atoms with Crippen LogP contribution in [-0.4, -0.2) is 11.7 Å². The highest BCUT2D eigenvalue weighted by Crippen LogP contribution is 2.21. The van der Waals surface area contributed by atoms with Crippen LogP contribution in [0.1, 0.15) is 0 Å². The average Bonchev–Trinajstić information content (AvgIpc) is 2.44. The lowest BCUT2D eigenvalue weighted by molar-refractivity contribution is -0.113. The second-order valence-corrected chi connectivity index (χ2v) is 5.09. The van der Waals surface area contributed by atoms with Crippen molar-refractivity contribution in [1.82, 2.24) is 0 Å². The van der Waals surface area contributed by atoms with E-state index in [1.807, 2.05) is 0 Å². The van der Waals surface area contributed by atoms with Crippen LogP contribution in [0.25, 0.3) is 0 Å². The minimum Gasteiger partial charge on any atom is -0.323 e. The molecular weight excluding hydrogens is 306 g/mol. The number of anilines is 1. The molecule has 2 rings (SSSR count). The highest BCUT2D eigenvalue weighted by Gasteiger charge is 2.10. The van der Waals surface area contributed by atoms with Crippen LogP contribution in [0.15, 0.2) is 41.3 Å². The van der Waals surface area contributed by atoms with E-state index in [4.69, 9.17) is 0 Å². The van der Waals surface area contributed by atoms with Crippen LogP contribution in [0.5, 0.6) is 0 Å². The van der Waals surface area contributed by atoms with Crippen molar-refractivity contribution in [1.29, 1.82) is 0 Å². The maximum Gasteiger partial charge on any atom is 0.234 e. The first-order valence-electron chi connectivity index (χ1n) is 5.78. The van der Waals surface area contributed by atoms with E-state index >= 15 is 0 Å². The highest BCUT2D eigenvalue weighted by molar-refractivity contribution is 8.00. The van der Waals surface area contributed by atoms with Gasteiger partial charge in [0.05, 0.1) is 11.4 Å². The van der Waals surface area contributed by atoms with Crippen molar-refractivity contribution in [2.24, 2.45) is 0 Å². The van der Waals surface area contributed by atoms with Gasteiger partial charge in [-0.2, -0.15) is 0 Å². The summed E-state index contributed by atoms with van der Waals surface area (Å²) in [5.41, 5.74) is -0.272. The summed E-state index contributed by atoms with van der Waals surface area (Å²) in [5.74, 6) is -4.18. The molecule has 2 nitrogen and oxygen atoms in total. The van der Waals surface area contributed by atoms with Gasteiger partial charge in [-0.25, -0.2) is 17.6 Å². The molecule has 7 heteroatoms. The number of amides is 1. The van der Waals surface area contributed by atoms with Crippen LogP contribution in [0.4, 0.5) is 23.2 Å². The third-order valence-electron chi connectivity index (χ3n) is 2.46. The van der Waals surface area contributed by atoms with Gasteiger partial charge in [0, 0.05) is 11.0 Å². The lowest BCUT2D eigenvalue weighted by atomic mass is 10.3. The van der Waals surface area contributed by atoms with Gasteiger partial charge < -0.3 is 5.32 Å². The molecule has 0 atom stereocenters. The van der Waals surface area contributed by atoms with Crippen molar-refractivity contribution in [3.63, 3.8) is 0 Å². The van der Waals surface area contributed by atoms with Crippen LogP contribution >= 0.6 is 11.8 Å². The summed E-state index contributed by atoms with van der Waals surface area (Å²) in [6.07, 6.45) is 0. The molecule has 0 fully saturated rings. The number of hydrogen-bond donors (Lipinski definition) is 1. The van der Waals surface area contributed by atoms with Crippen LogP contribution < -0.4 is 5.32 Å². The first kappa shape index (κ1) is 15.4. The van der Waals surface area contributed by atoms with Gasteiger partial charge in [-0.3, -0.25) is 4.79 Å². The molecule has 0 aliphatic carbocycles.